The van der Waals surface area contributed by atoms with Gasteiger partial charge < -0.3 is 9.47 Å². The van der Waals surface area contributed by atoms with Crippen molar-refractivity contribution in [3.63, 3.8) is 0 Å². The van der Waals surface area contributed by atoms with Crippen LogP contribution in [0.4, 0.5) is 0 Å². The number of hydrogen-bond donors (Lipinski definition) is 1. The van der Waals surface area contributed by atoms with Gasteiger partial charge in [-0.25, -0.2) is 0 Å². The van der Waals surface area contributed by atoms with Crippen molar-refractivity contribution in [2.45, 2.75) is 6.17 Å². The van der Waals surface area contributed by atoms with Gasteiger partial charge in [-0.15, -0.1) is 0 Å². The van der Waals surface area contributed by atoms with E-state index in [-0.39, 0.29) is 6.17 Å². The Morgan fingerprint density at radius 1 is 1.31 bits per heavy atom. The summed E-state index contributed by atoms with van der Waals surface area (Å²) in [5.41, 5.74) is 0. The van der Waals surface area contributed by atoms with Gasteiger partial charge in [0.05, 0.1) is 13.2 Å². The van der Waals surface area contributed by atoms with E-state index in [9.17, 15) is 0 Å². The summed E-state index contributed by atoms with van der Waals surface area (Å²) in [4.78, 5) is 2.31. The monoisotopic (exact) mass is 184 g/mol. The number of morpholine rings is 2. The van der Waals surface area contributed by atoms with E-state index in [1.165, 1.54) is 0 Å². The Balaban J connectivity index is 1.92. The Hall–Kier alpha value is -0.580. The van der Waals surface area contributed by atoms with E-state index in [0.29, 0.717) is 0 Å². The first-order chi connectivity index (χ1) is 6.38. The molecular weight excluding hydrogens is 168 g/mol. The third-order valence-electron chi connectivity index (χ3n) is 2.44. The molecule has 1 atom stereocenters. The van der Waals surface area contributed by atoms with Gasteiger partial charge >= 0.3 is 0 Å². The average Bonchev–Trinajstić information content (AvgIpc) is 2.20. The van der Waals surface area contributed by atoms with E-state index >= 15 is 0 Å². The lowest BCUT2D eigenvalue weighted by Gasteiger charge is -2.37. The topological polar surface area (TPSA) is 33.7 Å². The van der Waals surface area contributed by atoms with E-state index in [2.05, 4.69) is 16.8 Å². The highest BCUT2D eigenvalue weighted by Gasteiger charge is 2.26. The summed E-state index contributed by atoms with van der Waals surface area (Å²) in [6, 6.07) is 0. The number of rotatable bonds is 1. The molecule has 0 amide bonds. The standard InChI is InChI=1S/C9H16N2O2/c1-8-9(10-2-5-13-8)11-3-6-12-7-4-11/h9-10H,1-7H2. The maximum Gasteiger partial charge on any atom is 0.121 e. The quantitative estimate of drug-likeness (QED) is 0.611. The third kappa shape index (κ3) is 2.02. The molecule has 0 saturated carbocycles. The molecule has 0 bridgehead atoms. The van der Waals surface area contributed by atoms with Crippen molar-refractivity contribution >= 4 is 0 Å². The fourth-order valence-electron chi connectivity index (χ4n) is 1.74. The van der Waals surface area contributed by atoms with E-state index in [1.54, 1.807) is 0 Å². The molecule has 0 aromatic carbocycles. The second kappa shape index (κ2) is 4.09. The molecule has 0 aromatic heterocycles. The van der Waals surface area contributed by atoms with Gasteiger partial charge in [0.1, 0.15) is 18.5 Å². The number of ether oxygens (including phenoxy) is 2. The molecule has 0 radical (unpaired) electrons. The smallest absolute Gasteiger partial charge is 0.121 e. The van der Waals surface area contributed by atoms with Gasteiger partial charge in [-0.1, -0.05) is 6.58 Å². The van der Waals surface area contributed by atoms with Crippen LogP contribution in [-0.2, 0) is 9.47 Å². The van der Waals surface area contributed by atoms with Gasteiger partial charge in [-0.05, 0) is 0 Å². The molecule has 2 fully saturated rings. The maximum atomic E-state index is 5.40. The SMILES string of the molecule is C=C1OCCNC1N1CCOCC1. The molecule has 2 saturated heterocycles. The van der Waals surface area contributed by atoms with Crippen LogP contribution in [0, 0.1) is 0 Å². The Morgan fingerprint density at radius 2 is 2.08 bits per heavy atom. The molecular formula is C9H16N2O2. The van der Waals surface area contributed by atoms with Crippen molar-refractivity contribution in [2.24, 2.45) is 0 Å². The second-order valence-corrected chi connectivity index (χ2v) is 3.32. The molecule has 2 rings (SSSR count). The molecule has 4 nitrogen and oxygen atoms in total. The van der Waals surface area contributed by atoms with Crippen molar-refractivity contribution in [2.75, 3.05) is 39.5 Å². The normalized spacial score (nSPS) is 31.4. The van der Waals surface area contributed by atoms with Gasteiger partial charge in [0.2, 0.25) is 0 Å². The zero-order valence-corrected chi connectivity index (χ0v) is 7.79. The zero-order chi connectivity index (χ0) is 9.10. The first-order valence-electron chi connectivity index (χ1n) is 4.75. The molecule has 1 unspecified atom stereocenters. The Morgan fingerprint density at radius 3 is 2.77 bits per heavy atom. The van der Waals surface area contributed by atoms with Gasteiger partial charge in [-0.2, -0.15) is 0 Å². The first-order valence-corrected chi connectivity index (χ1v) is 4.75. The lowest BCUT2D eigenvalue weighted by Crippen LogP contribution is -2.54. The summed E-state index contributed by atoms with van der Waals surface area (Å²) in [6.07, 6.45) is 0.192. The molecule has 2 aliphatic heterocycles. The predicted molar refractivity (Wildman–Crippen MR) is 49.3 cm³/mol. The van der Waals surface area contributed by atoms with Crippen LogP contribution in [-0.4, -0.2) is 50.5 Å². The summed E-state index contributed by atoms with van der Waals surface area (Å²) in [5, 5.41) is 3.38. The van der Waals surface area contributed by atoms with Crippen molar-refractivity contribution < 1.29 is 9.47 Å². The largest absolute Gasteiger partial charge is 0.494 e. The van der Waals surface area contributed by atoms with Crippen molar-refractivity contribution in [1.29, 1.82) is 0 Å². The summed E-state index contributed by atoms with van der Waals surface area (Å²) in [5.74, 6) is 0.841. The minimum absolute atomic E-state index is 0.192. The van der Waals surface area contributed by atoms with Crippen molar-refractivity contribution in [1.82, 2.24) is 10.2 Å². The minimum atomic E-state index is 0.192. The van der Waals surface area contributed by atoms with E-state index < -0.39 is 0 Å². The van der Waals surface area contributed by atoms with Crippen LogP contribution in [0.15, 0.2) is 12.3 Å². The van der Waals surface area contributed by atoms with Crippen LogP contribution in [0.25, 0.3) is 0 Å². The molecule has 4 heteroatoms. The molecule has 1 N–H and O–H groups in total. The van der Waals surface area contributed by atoms with E-state index in [0.717, 1.165) is 45.2 Å². The Labute approximate surface area is 78.5 Å². The third-order valence-corrected chi connectivity index (χ3v) is 2.44. The Kier molecular flexibility index (Phi) is 2.83. The van der Waals surface area contributed by atoms with Crippen LogP contribution in [0.5, 0.6) is 0 Å². The van der Waals surface area contributed by atoms with Crippen LogP contribution in [0.1, 0.15) is 0 Å². The fraction of sp³-hybridized carbons (Fsp3) is 0.778. The van der Waals surface area contributed by atoms with Gasteiger partial charge in [-0.3, -0.25) is 10.2 Å². The second-order valence-electron chi connectivity index (χ2n) is 3.32. The number of hydrogen-bond acceptors (Lipinski definition) is 4. The van der Waals surface area contributed by atoms with Crippen LogP contribution >= 0.6 is 0 Å². The zero-order valence-electron chi connectivity index (χ0n) is 7.79. The van der Waals surface area contributed by atoms with E-state index in [1.807, 2.05) is 0 Å². The van der Waals surface area contributed by atoms with Crippen molar-refractivity contribution in [3.8, 4) is 0 Å². The Bertz CT molecular complexity index is 190. The van der Waals surface area contributed by atoms with Gasteiger partial charge in [0.15, 0.2) is 0 Å². The average molecular weight is 184 g/mol. The fourth-order valence-corrected chi connectivity index (χ4v) is 1.74. The first kappa shape index (κ1) is 8.99. The molecule has 2 aliphatic rings. The number of nitrogens with zero attached hydrogens (tertiary/aromatic N) is 1. The molecule has 13 heavy (non-hydrogen) atoms. The highest BCUT2D eigenvalue weighted by molar-refractivity contribution is 4.99. The highest BCUT2D eigenvalue weighted by atomic mass is 16.5. The van der Waals surface area contributed by atoms with Gasteiger partial charge in [0, 0.05) is 19.6 Å². The van der Waals surface area contributed by atoms with Crippen LogP contribution < -0.4 is 5.32 Å². The van der Waals surface area contributed by atoms with E-state index in [4.69, 9.17) is 9.47 Å². The number of nitrogens with one attached hydrogen (secondary N) is 1. The summed E-state index contributed by atoms with van der Waals surface area (Å²) < 4.78 is 10.7. The van der Waals surface area contributed by atoms with Gasteiger partial charge in [0.25, 0.3) is 0 Å². The lowest BCUT2D eigenvalue weighted by molar-refractivity contribution is -0.00956. The van der Waals surface area contributed by atoms with Crippen molar-refractivity contribution in [3.05, 3.63) is 12.3 Å². The molecule has 0 aromatic rings. The summed E-state index contributed by atoms with van der Waals surface area (Å²) in [6.45, 7) is 9.08. The lowest BCUT2D eigenvalue weighted by atomic mass is 10.3. The maximum absolute atomic E-state index is 5.40. The summed E-state index contributed by atoms with van der Waals surface area (Å²) in [7, 11) is 0. The van der Waals surface area contributed by atoms with Crippen LogP contribution in [0.2, 0.25) is 0 Å². The van der Waals surface area contributed by atoms with Crippen LogP contribution in [0.3, 0.4) is 0 Å². The molecule has 0 aliphatic carbocycles. The molecule has 2 heterocycles. The highest BCUT2D eigenvalue weighted by Crippen LogP contribution is 2.12. The summed E-state index contributed by atoms with van der Waals surface area (Å²) >= 11 is 0. The predicted octanol–water partition coefficient (Wildman–Crippen LogP) is -0.222. The molecule has 0 spiro atoms. The minimum Gasteiger partial charge on any atom is -0.494 e. The molecule has 74 valence electrons.